The van der Waals surface area contributed by atoms with Crippen LogP contribution in [0.25, 0.3) is 11.1 Å². The van der Waals surface area contributed by atoms with Crippen molar-refractivity contribution in [2.24, 2.45) is 0 Å². The van der Waals surface area contributed by atoms with E-state index in [9.17, 15) is 4.39 Å². The third-order valence-corrected chi connectivity index (χ3v) is 2.92. The Bertz CT molecular complexity index is 558. The number of halogens is 1. The summed E-state index contributed by atoms with van der Waals surface area (Å²) in [4.78, 5) is 0. The minimum atomic E-state index is -0.212. The highest BCUT2D eigenvalue weighted by molar-refractivity contribution is 5.66. The number of rotatable bonds is 5. The third-order valence-electron chi connectivity index (χ3n) is 2.92. The molecule has 19 heavy (non-hydrogen) atoms. The maximum Gasteiger partial charge on any atom is 0.123 e. The van der Waals surface area contributed by atoms with E-state index in [0.29, 0.717) is 0 Å². The zero-order valence-corrected chi connectivity index (χ0v) is 11.1. The zero-order valence-electron chi connectivity index (χ0n) is 11.1. The van der Waals surface area contributed by atoms with Crippen molar-refractivity contribution in [3.63, 3.8) is 0 Å². The van der Waals surface area contributed by atoms with Gasteiger partial charge in [0.25, 0.3) is 0 Å². The Balaban J connectivity index is 2.12. The fraction of sp³-hybridized carbons (Fsp3) is 0.176. The second kappa shape index (κ2) is 6.19. The molecule has 0 radical (unpaired) electrons. The molecule has 2 heteroatoms. The molecule has 0 bridgehead atoms. The predicted molar refractivity (Wildman–Crippen MR) is 79.5 cm³/mol. The average molecular weight is 255 g/mol. The minimum Gasteiger partial charge on any atom is -0.359 e. The minimum absolute atomic E-state index is 0.212. The van der Waals surface area contributed by atoms with E-state index in [1.165, 1.54) is 6.07 Å². The fourth-order valence-electron chi connectivity index (χ4n) is 1.98. The van der Waals surface area contributed by atoms with Gasteiger partial charge in [0, 0.05) is 11.4 Å². The Morgan fingerprint density at radius 3 is 2.47 bits per heavy atom. The van der Waals surface area contributed by atoms with E-state index in [4.69, 9.17) is 0 Å². The summed E-state index contributed by atoms with van der Waals surface area (Å²) in [7, 11) is 0. The summed E-state index contributed by atoms with van der Waals surface area (Å²) in [6.45, 7) is 6.10. The topological polar surface area (TPSA) is 12.0 Å². The molecule has 0 heterocycles. The molecule has 98 valence electrons. The summed E-state index contributed by atoms with van der Waals surface area (Å²) in [6, 6.07) is 14.6. The third kappa shape index (κ3) is 3.68. The van der Waals surface area contributed by atoms with Crippen LogP contribution < -0.4 is 5.32 Å². The normalized spacial score (nSPS) is 10.2. The van der Waals surface area contributed by atoms with Gasteiger partial charge in [0.15, 0.2) is 0 Å². The molecule has 2 rings (SSSR count). The van der Waals surface area contributed by atoms with Crippen molar-refractivity contribution >= 4 is 5.69 Å². The Morgan fingerprint density at radius 2 is 1.84 bits per heavy atom. The molecule has 0 aliphatic heterocycles. The second-order valence-electron chi connectivity index (χ2n) is 4.57. The van der Waals surface area contributed by atoms with Crippen LogP contribution in [0.15, 0.2) is 60.8 Å². The maximum absolute atomic E-state index is 13.2. The molecule has 0 saturated carbocycles. The first kappa shape index (κ1) is 13.3. The molecule has 0 aliphatic carbocycles. The lowest BCUT2D eigenvalue weighted by Crippen LogP contribution is -1.97. The van der Waals surface area contributed by atoms with Gasteiger partial charge in [-0.1, -0.05) is 44.2 Å². The molecule has 0 spiro atoms. The molecule has 0 aromatic heterocycles. The van der Waals surface area contributed by atoms with Gasteiger partial charge in [0.05, 0.1) is 0 Å². The highest BCUT2D eigenvalue weighted by Gasteiger charge is 2.00. The summed E-state index contributed by atoms with van der Waals surface area (Å²) in [6.07, 6.45) is 2.04. The summed E-state index contributed by atoms with van der Waals surface area (Å²) >= 11 is 0. The van der Waals surface area contributed by atoms with Crippen molar-refractivity contribution in [1.29, 1.82) is 0 Å². The summed E-state index contributed by atoms with van der Waals surface area (Å²) in [5.74, 6) is -0.212. The van der Waals surface area contributed by atoms with Gasteiger partial charge in [-0.25, -0.2) is 4.39 Å². The molecule has 2 aromatic rings. The van der Waals surface area contributed by atoms with Crippen molar-refractivity contribution in [1.82, 2.24) is 0 Å². The Labute approximate surface area is 113 Å². The van der Waals surface area contributed by atoms with Crippen molar-refractivity contribution in [3.05, 3.63) is 66.6 Å². The van der Waals surface area contributed by atoms with Crippen molar-refractivity contribution in [2.45, 2.75) is 19.8 Å². The van der Waals surface area contributed by atoms with Crippen LogP contribution in [0.3, 0.4) is 0 Å². The molecular weight excluding hydrogens is 237 g/mol. The quantitative estimate of drug-likeness (QED) is 0.772. The van der Waals surface area contributed by atoms with Gasteiger partial charge >= 0.3 is 0 Å². The zero-order chi connectivity index (χ0) is 13.7. The molecule has 0 saturated heterocycles. The van der Waals surface area contributed by atoms with Crippen LogP contribution >= 0.6 is 0 Å². The molecule has 0 unspecified atom stereocenters. The number of benzene rings is 2. The molecule has 2 aromatic carbocycles. The van der Waals surface area contributed by atoms with Gasteiger partial charge in [-0.05, 0) is 41.8 Å². The van der Waals surface area contributed by atoms with Gasteiger partial charge in [0.2, 0.25) is 0 Å². The lowest BCUT2D eigenvalue weighted by Gasteiger charge is -2.09. The second-order valence-corrected chi connectivity index (χ2v) is 4.57. The largest absolute Gasteiger partial charge is 0.359 e. The molecular formula is C17H18FN. The Hall–Kier alpha value is -2.09. The van der Waals surface area contributed by atoms with Crippen LogP contribution in [0.2, 0.25) is 0 Å². The molecule has 1 nitrogen and oxygen atoms in total. The van der Waals surface area contributed by atoms with Crippen LogP contribution in [-0.2, 0) is 0 Å². The maximum atomic E-state index is 13.2. The van der Waals surface area contributed by atoms with E-state index < -0.39 is 0 Å². The highest BCUT2D eigenvalue weighted by Crippen LogP contribution is 2.22. The van der Waals surface area contributed by atoms with E-state index in [1.807, 2.05) is 30.3 Å². The predicted octanol–water partition coefficient (Wildman–Crippen LogP) is 5.22. The summed E-state index contributed by atoms with van der Waals surface area (Å²) < 4.78 is 13.2. The van der Waals surface area contributed by atoms with Crippen LogP contribution in [0.1, 0.15) is 19.8 Å². The first-order valence-electron chi connectivity index (χ1n) is 6.50. The number of allylic oxidation sites excluding steroid dienone is 1. The first-order chi connectivity index (χ1) is 9.19. The average Bonchev–Trinajstić information content (AvgIpc) is 2.40. The monoisotopic (exact) mass is 255 g/mol. The SMILES string of the molecule is C=C(CCC)Nc1ccc(-c2cccc(F)c2)cc1. The van der Waals surface area contributed by atoms with Gasteiger partial charge in [-0.3, -0.25) is 0 Å². The van der Waals surface area contributed by atoms with E-state index in [0.717, 1.165) is 35.4 Å². The van der Waals surface area contributed by atoms with Gasteiger partial charge < -0.3 is 5.32 Å². The summed E-state index contributed by atoms with van der Waals surface area (Å²) in [5.41, 5.74) is 3.92. The van der Waals surface area contributed by atoms with Crippen molar-refractivity contribution < 1.29 is 4.39 Å². The number of hydrogen-bond acceptors (Lipinski definition) is 1. The van der Waals surface area contributed by atoms with E-state index in [-0.39, 0.29) is 5.82 Å². The van der Waals surface area contributed by atoms with E-state index >= 15 is 0 Å². The van der Waals surface area contributed by atoms with Crippen molar-refractivity contribution in [2.75, 3.05) is 5.32 Å². The molecule has 1 N–H and O–H groups in total. The number of hydrogen-bond donors (Lipinski definition) is 1. The Kier molecular flexibility index (Phi) is 4.35. The number of nitrogens with one attached hydrogen (secondary N) is 1. The van der Waals surface area contributed by atoms with Crippen LogP contribution in [0.5, 0.6) is 0 Å². The van der Waals surface area contributed by atoms with Crippen molar-refractivity contribution in [3.8, 4) is 11.1 Å². The smallest absolute Gasteiger partial charge is 0.123 e. The number of anilines is 1. The summed E-state index contributed by atoms with van der Waals surface area (Å²) in [5, 5.41) is 3.26. The molecule has 0 atom stereocenters. The molecule has 0 amide bonds. The highest BCUT2D eigenvalue weighted by atomic mass is 19.1. The van der Waals surface area contributed by atoms with Crippen LogP contribution in [0, 0.1) is 5.82 Å². The van der Waals surface area contributed by atoms with Crippen LogP contribution in [-0.4, -0.2) is 0 Å². The van der Waals surface area contributed by atoms with Crippen LogP contribution in [0.4, 0.5) is 10.1 Å². The fourth-order valence-corrected chi connectivity index (χ4v) is 1.98. The van der Waals surface area contributed by atoms with Gasteiger partial charge in [-0.2, -0.15) is 0 Å². The lowest BCUT2D eigenvalue weighted by molar-refractivity contribution is 0.628. The Morgan fingerprint density at radius 1 is 1.11 bits per heavy atom. The van der Waals surface area contributed by atoms with E-state index in [1.54, 1.807) is 12.1 Å². The van der Waals surface area contributed by atoms with E-state index in [2.05, 4.69) is 18.8 Å². The lowest BCUT2D eigenvalue weighted by atomic mass is 10.1. The standard InChI is InChI=1S/C17H18FN/c1-3-5-13(2)19-17-10-8-14(9-11-17)15-6-4-7-16(18)12-15/h4,6-12,19H,2-3,5H2,1H3. The molecule has 0 aliphatic rings. The van der Waals surface area contributed by atoms with Gasteiger partial charge in [-0.15, -0.1) is 0 Å². The first-order valence-corrected chi connectivity index (χ1v) is 6.50. The van der Waals surface area contributed by atoms with Gasteiger partial charge in [0.1, 0.15) is 5.82 Å². The molecule has 0 fully saturated rings.